The standard InChI is InChI=1S/C27H26N2O3/c1-4-31-25-14-12-21(13-15-25)27(30)32-18-23-17-29(24-8-6-5-7-9-24)28-26(23)22-11-10-19(2)20(3)16-22/h5-17H,4,18H2,1-3H3. The maximum Gasteiger partial charge on any atom is 0.338 e. The van der Waals surface area contributed by atoms with Gasteiger partial charge in [-0.1, -0.05) is 30.3 Å². The quantitative estimate of drug-likeness (QED) is 0.345. The molecule has 0 amide bonds. The van der Waals surface area contributed by atoms with Gasteiger partial charge in [-0.2, -0.15) is 5.10 Å². The third-order valence-corrected chi connectivity index (χ3v) is 5.35. The Morgan fingerprint density at radius 1 is 0.938 bits per heavy atom. The van der Waals surface area contributed by atoms with Gasteiger partial charge in [0.05, 0.1) is 23.6 Å². The third-order valence-electron chi connectivity index (χ3n) is 5.35. The second kappa shape index (κ2) is 9.52. The topological polar surface area (TPSA) is 53.4 Å². The van der Waals surface area contributed by atoms with E-state index in [9.17, 15) is 4.79 Å². The van der Waals surface area contributed by atoms with Gasteiger partial charge in [-0.25, -0.2) is 9.48 Å². The molecule has 0 radical (unpaired) electrons. The maximum absolute atomic E-state index is 12.6. The molecule has 0 unspecified atom stereocenters. The molecule has 1 heterocycles. The first-order valence-corrected chi connectivity index (χ1v) is 10.7. The summed E-state index contributed by atoms with van der Waals surface area (Å²) in [6.07, 6.45) is 1.92. The smallest absolute Gasteiger partial charge is 0.338 e. The summed E-state index contributed by atoms with van der Waals surface area (Å²) in [7, 11) is 0. The second-order valence-electron chi connectivity index (χ2n) is 7.62. The van der Waals surface area contributed by atoms with Gasteiger partial charge in [0.1, 0.15) is 12.4 Å². The summed E-state index contributed by atoms with van der Waals surface area (Å²) in [6.45, 7) is 6.79. The average molecular weight is 427 g/mol. The summed E-state index contributed by atoms with van der Waals surface area (Å²) < 4.78 is 12.9. The number of rotatable bonds is 7. The zero-order valence-electron chi connectivity index (χ0n) is 18.5. The highest BCUT2D eigenvalue weighted by atomic mass is 16.5. The molecule has 0 saturated heterocycles. The zero-order chi connectivity index (χ0) is 22.5. The van der Waals surface area contributed by atoms with Gasteiger partial charge >= 0.3 is 5.97 Å². The second-order valence-corrected chi connectivity index (χ2v) is 7.62. The van der Waals surface area contributed by atoms with Gasteiger partial charge < -0.3 is 9.47 Å². The maximum atomic E-state index is 12.6. The molecule has 0 bridgehead atoms. The van der Waals surface area contributed by atoms with Crippen molar-refractivity contribution in [2.24, 2.45) is 0 Å². The predicted octanol–water partition coefficient (Wildman–Crippen LogP) is 5.91. The minimum absolute atomic E-state index is 0.126. The van der Waals surface area contributed by atoms with Gasteiger partial charge in [0.2, 0.25) is 0 Å². The van der Waals surface area contributed by atoms with Crippen LogP contribution in [-0.2, 0) is 11.3 Å². The van der Waals surface area contributed by atoms with Crippen molar-refractivity contribution in [2.45, 2.75) is 27.4 Å². The molecule has 4 aromatic rings. The fourth-order valence-corrected chi connectivity index (χ4v) is 3.44. The van der Waals surface area contributed by atoms with E-state index in [4.69, 9.17) is 14.6 Å². The van der Waals surface area contributed by atoms with E-state index in [0.717, 1.165) is 28.3 Å². The Morgan fingerprint density at radius 2 is 1.69 bits per heavy atom. The summed E-state index contributed by atoms with van der Waals surface area (Å²) in [5.74, 6) is 0.344. The molecule has 0 fully saturated rings. The lowest BCUT2D eigenvalue weighted by Gasteiger charge is -2.08. The van der Waals surface area contributed by atoms with Gasteiger partial charge in [-0.15, -0.1) is 0 Å². The van der Waals surface area contributed by atoms with Gasteiger partial charge in [-0.3, -0.25) is 0 Å². The number of aromatic nitrogens is 2. The van der Waals surface area contributed by atoms with E-state index in [2.05, 4.69) is 32.0 Å². The molecule has 5 nitrogen and oxygen atoms in total. The molecule has 0 aliphatic heterocycles. The minimum atomic E-state index is -0.383. The Labute approximate surface area is 188 Å². The molecule has 3 aromatic carbocycles. The van der Waals surface area contributed by atoms with Gasteiger partial charge in [-0.05, 0) is 74.4 Å². The van der Waals surface area contributed by atoms with Crippen molar-refractivity contribution in [3.63, 3.8) is 0 Å². The van der Waals surface area contributed by atoms with Gasteiger partial charge in [0.15, 0.2) is 0 Å². The lowest BCUT2D eigenvalue weighted by molar-refractivity contribution is 0.0473. The van der Waals surface area contributed by atoms with Crippen LogP contribution in [0.2, 0.25) is 0 Å². The highest BCUT2D eigenvalue weighted by Crippen LogP contribution is 2.27. The molecule has 4 rings (SSSR count). The number of para-hydroxylation sites is 1. The molecule has 5 heteroatoms. The van der Waals surface area contributed by atoms with Crippen LogP contribution in [0.3, 0.4) is 0 Å². The van der Waals surface area contributed by atoms with Crippen molar-refractivity contribution in [3.05, 3.63) is 101 Å². The van der Waals surface area contributed by atoms with Gasteiger partial charge in [0, 0.05) is 17.3 Å². The number of esters is 1. The average Bonchev–Trinajstić information content (AvgIpc) is 3.25. The van der Waals surface area contributed by atoms with E-state index in [1.54, 1.807) is 24.3 Å². The monoisotopic (exact) mass is 426 g/mol. The number of aryl methyl sites for hydroxylation is 2. The molecule has 1 aromatic heterocycles. The molecule has 0 spiro atoms. The number of hydrogen-bond acceptors (Lipinski definition) is 4. The van der Waals surface area contributed by atoms with E-state index >= 15 is 0 Å². The summed E-state index contributed by atoms with van der Waals surface area (Å²) >= 11 is 0. The highest BCUT2D eigenvalue weighted by molar-refractivity contribution is 5.89. The summed E-state index contributed by atoms with van der Waals surface area (Å²) in [4.78, 5) is 12.6. The number of benzene rings is 3. The van der Waals surface area contributed by atoms with Crippen molar-refractivity contribution < 1.29 is 14.3 Å². The summed E-state index contributed by atoms with van der Waals surface area (Å²) in [5.41, 5.74) is 6.48. The highest BCUT2D eigenvalue weighted by Gasteiger charge is 2.16. The molecule has 0 N–H and O–H groups in total. The number of carbonyl (C=O) groups excluding carboxylic acids is 1. The first-order valence-electron chi connectivity index (χ1n) is 10.7. The van der Waals surface area contributed by atoms with Crippen molar-refractivity contribution in [1.29, 1.82) is 0 Å². The molecule has 162 valence electrons. The van der Waals surface area contributed by atoms with Gasteiger partial charge in [0.25, 0.3) is 0 Å². The van der Waals surface area contributed by atoms with Crippen LogP contribution in [0.5, 0.6) is 5.75 Å². The first kappa shape index (κ1) is 21.4. The molecule has 0 atom stereocenters. The van der Waals surface area contributed by atoms with Crippen molar-refractivity contribution in [3.8, 4) is 22.7 Å². The van der Waals surface area contributed by atoms with E-state index < -0.39 is 0 Å². The van der Waals surface area contributed by atoms with E-state index in [0.29, 0.717) is 12.2 Å². The van der Waals surface area contributed by atoms with Crippen LogP contribution in [0.1, 0.15) is 34.0 Å². The molecule has 0 aliphatic carbocycles. The summed E-state index contributed by atoms with van der Waals surface area (Å²) in [5, 5.41) is 4.81. The Balaban J connectivity index is 1.60. The van der Waals surface area contributed by atoms with Crippen LogP contribution in [0.4, 0.5) is 0 Å². The Bertz CT molecular complexity index is 1210. The lowest BCUT2D eigenvalue weighted by atomic mass is 10.0. The Kier molecular flexibility index (Phi) is 6.36. The molecular formula is C27H26N2O3. The fourth-order valence-electron chi connectivity index (χ4n) is 3.44. The predicted molar refractivity (Wildman–Crippen MR) is 125 cm³/mol. The number of nitrogens with zero attached hydrogens (tertiary/aromatic N) is 2. The third kappa shape index (κ3) is 4.72. The number of carbonyl (C=O) groups is 1. The SMILES string of the molecule is CCOc1ccc(C(=O)OCc2cn(-c3ccccc3)nc2-c2ccc(C)c(C)c2)cc1. The van der Waals surface area contributed by atoms with E-state index in [1.807, 2.05) is 48.1 Å². The Morgan fingerprint density at radius 3 is 2.38 bits per heavy atom. The largest absolute Gasteiger partial charge is 0.494 e. The van der Waals surface area contributed by atoms with Crippen LogP contribution in [-0.4, -0.2) is 22.4 Å². The normalized spacial score (nSPS) is 10.7. The zero-order valence-corrected chi connectivity index (χ0v) is 18.5. The van der Waals surface area contributed by atoms with Crippen molar-refractivity contribution >= 4 is 5.97 Å². The van der Waals surface area contributed by atoms with Crippen LogP contribution >= 0.6 is 0 Å². The molecule has 0 aliphatic rings. The Hall–Kier alpha value is -3.86. The fraction of sp³-hybridized carbons (Fsp3) is 0.185. The van der Waals surface area contributed by atoms with Crippen LogP contribution in [0.25, 0.3) is 16.9 Å². The number of hydrogen-bond donors (Lipinski definition) is 0. The lowest BCUT2D eigenvalue weighted by Crippen LogP contribution is -2.05. The van der Waals surface area contributed by atoms with Crippen molar-refractivity contribution in [2.75, 3.05) is 6.61 Å². The van der Waals surface area contributed by atoms with Crippen LogP contribution < -0.4 is 4.74 Å². The molecular weight excluding hydrogens is 400 g/mol. The van der Waals surface area contributed by atoms with Crippen LogP contribution in [0.15, 0.2) is 79.0 Å². The van der Waals surface area contributed by atoms with Crippen LogP contribution in [0, 0.1) is 13.8 Å². The first-order chi connectivity index (χ1) is 15.5. The molecule has 32 heavy (non-hydrogen) atoms. The molecule has 0 saturated carbocycles. The minimum Gasteiger partial charge on any atom is -0.494 e. The summed E-state index contributed by atoms with van der Waals surface area (Å²) in [6, 6.07) is 23.1. The van der Waals surface area contributed by atoms with Crippen molar-refractivity contribution in [1.82, 2.24) is 9.78 Å². The van der Waals surface area contributed by atoms with E-state index in [-0.39, 0.29) is 12.6 Å². The van der Waals surface area contributed by atoms with E-state index in [1.165, 1.54) is 11.1 Å². The number of ether oxygens (including phenoxy) is 2.